The number of amides is 1. The number of halogens is 1. The summed E-state index contributed by atoms with van der Waals surface area (Å²) in [4.78, 5) is 18.2. The van der Waals surface area contributed by atoms with Crippen LogP contribution < -0.4 is 16.0 Å². The van der Waals surface area contributed by atoms with E-state index in [1.165, 1.54) is 12.8 Å². The molecule has 1 saturated carbocycles. The summed E-state index contributed by atoms with van der Waals surface area (Å²) < 4.78 is 0. The molecule has 22 heavy (non-hydrogen) atoms. The fraction of sp³-hybridized carbons (Fsp3) is 0.867. The summed E-state index contributed by atoms with van der Waals surface area (Å²) in [5, 5.41) is 9.28. The Kier molecular flexibility index (Phi) is 9.30. The Bertz CT molecular complexity index is 373. The van der Waals surface area contributed by atoms with Gasteiger partial charge in [-0.05, 0) is 53.6 Å². The number of rotatable bonds is 6. The Labute approximate surface area is 151 Å². The van der Waals surface area contributed by atoms with Gasteiger partial charge in [-0.2, -0.15) is 0 Å². The van der Waals surface area contributed by atoms with Crippen molar-refractivity contribution in [3.05, 3.63) is 0 Å². The molecule has 0 aromatic carbocycles. The van der Waals surface area contributed by atoms with Crippen molar-refractivity contribution in [1.82, 2.24) is 20.9 Å². The van der Waals surface area contributed by atoms with Crippen LogP contribution in [-0.4, -0.2) is 62.6 Å². The Morgan fingerprint density at radius 3 is 2.27 bits per heavy atom. The molecule has 1 atom stereocenters. The van der Waals surface area contributed by atoms with Gasteiger partial charge < -0.3 is 20.9 Å². The van der Waals surface area contributed by atoms with Gasteiger partial charge in [0.15, 0.2) is 5.96 Å². The lowest BCUT2D eigenvalue weighted by molar-refractivity contribution is -0.121. The molecule has 1 aliphatic rings. The lowest BCUT2D eigenvalue weighted by Crippen LogP contribution is -2.50. The van der Waals surface area contributed by atoms with E-state index in [2.05, 4.69) is 39.9 Å². The molecular weight excluding hydrogens is 393 g/mol. The molecule has 1 aliphatic carbocycles. The number of hydrogen-bond acceptors (Lipinski definition) is 3. The van der Waals surface area contributed by atoms with E-state index in [4.69, 9.17) is 0 Å². The summed E-state index contributed by atoms with van der Waals surface area (Å²) in [7, 11) is 5.94. The van der Waals surface area contributed by atoms with E-state index in [0.29, 0.717) is 12.0 Å². The summed E-state index contributed by atoms with van der Waals surface area (Å²) in [5.74, 6) is 1.43. The van der Waals surface area contributed by atoms with Crippen LogP contribution in [0.3, 0.4) is 0 Å². The maximum Gasteiger partial charge on any atom is 0.239 e. The zero-order valence-corrected chi connectivity index (χ0v) is 17.0. The summed E-state index contributed by atoms with van der Waals surface area (Å²) >= 11 is 0. The Morgan fingerprint density at radius 2 is 1.86 bits per heavy atom. The number of likely N-dealkylation sites (N-methyl/N-ethyl adjacent to an activating group) is 1. The quantitative estimate of drug-likeness (QED) is 0.338. The first-order valence-electron chi connectivity index (χ1n) is 7.65. The first-order chi connectivity index (χ1) is 9.73. The van der Waals surface area contributed by atoms with Crippen LogP contribution in [0.1, 0.15) is 33.6 Å². The molecule has 0 radical (unpaired) electrons. The first-order valence-corrected chi connectivity index (χ1v) is 7.65. The van der Waals surface area contributed by atoms with Gasteiger partial charge in [-0.25, -0.2) is 0 Å². The van der Waals surface area contributed by atoms with Crippen LogP contribution in [0.2, 0.25) is 0 Å². The average molecular weight is 425 g/mol. The molecule has 0 aromatic rings. The molecule has 7 heteroatoms. The number of guanidine groups is 1. The van der Waals surface area contributed by atoms with Gasteiger partial charge in [-0.3, -0.25) is 9.79 Å². The highest BCUT2D eigenvalue weighted by Gasteiger charge is 2.32. The summed E-state index contributed by atoms with van der Waals surface area (Å²) in [6.07, 6.45) is 2.62. The van der Waals surface area contributed by atoms with Crippen LogP contribution in [0.5, 0.6) is 0 Å². The normalized spacial score (nSPS) is 16.8. The fourth-order valence-corrected chi connectivity index (χ4v) is 2.30. The van der Waals surface area contributed by atoms with Crippen molar-refractivity contribution in [3.8, 4) is 0 Å². The van der Waals surface area contributed by atoms with Crippen LogP contribution in [0, 0.1) is 5.92 Å². The van der Waals surface area contributed by atoms with E-state index in [0.717, 1.165) is 12.5 Å². The monoisotopic (exact) mass is 425 g/mol. The van der Waals surface area contributed by atoms with Crippen molar-refractivity contribution in [2.45, 2.75) is 45.2 Å². The van der Waals surface area contributed by atoms with E-state index in [1.54, 1.807) is 7.05 Å². The molecule has 6 nitrogen and oxygen atoms in total. The van der Waals surface area contributed by atoms with Gasteiger partial charge in [0, 0.05) is 25.2 Å². The van der Waals surface area contributed by atoms with E-state index >= 15 is 0 Å². The van der Waals surface area contributed by atoms with Crippen molar-refractivity contribution in [2.24, 2.45) is 10.9 Å². The second-order valence-corrected chi connectivity index (χ2v) is 6.97. The second kappa shape index (κ2) is 9.54. The second-order valence-electron chi connectivity index (χ2n) is 6.97. The maximum absolute atomic E-state index is 11.8. The van der Waals surface area contributed by atoms with Crippen LogP contribution in [0.15, 0.2) is 4.99 Å². The number of nitrogens with one attached hydrogen (secondary N) is 3. The van der Waals surface area contributed by atoms with Gasteiger partial charge in [-0.15, -0.1) is 24.0 Å². The lowest BCUT2D eigenvalue weighted by atomic mass is 10.1. The predicted octanol–water partition coefficient (Wildman–Crippen LogP) is 1.02. The topological polar surface area (TPSA) is 68.8 Å². The molecule has 0 heterocycles. The minimum atomic E-state index is -0.211. The van der Waals surface area contributed by atoms with Gasteiger partial charge >= 0.3 is 0 Å². The molecule has 1 amide bonds. The highest BCUT2D eigenvalue weighted by Crippen LogP contribution is 2.34. The van der Waals surface area contributed by atoms with Gasteiger partial charge in [0.1, 0.15) is 0 Å². The highest BCUT2D eigenvalue weighted by atomic mass is 127. The Morgan fingerprint density at radius 1 is 1.27 bits per heavy atom. The molecule has 1 unspecified atom stereocenters. The maximum atomic E-state index is 11.8. The number of carbonyl (C=O) groups excluding carboxylic acids is 1. The van der Waals surface area contributed by atoms with Gasteiger partial charge in [0.25, 0.3) is 0 Å². The molecular formula is C15H32IN5O. The number of hydrogen-bond donors (Lipinski definition) is 3. The minimum absolute atomic E-state index is 0. The Hall–Kier alpha value is -0.570. The lowest BCUT2D eigenvalue weighted by Gasteiger charge is -2.25. The van der Waals surface area contributed by atoms with Gasteiger partial charge in [0.05, 0.1) is 6.54 Å². The van der Waals surface area contributed by atoms with Crippen molar-refractivity contribution in [3.63, 3.8) is 0 Å². The predicted molar refractivity (Wildman–Crippen MR) is 103 cm³/mol. The van der Waals surface area contributed by atoms with Crippen molar-refractivity contribution in [2.75, 3.05) is 34.2 Å². The van der Waals surface area contributed by atoms with Gasteiger partial charge in [-0.1, -0.05) is 0 Å². The van der Waals surface area contributed by atoms with Crippen LogP contribution in [-0.2, 0) is 4.79 Å². The summed E-state index contributed by atoms with van der Waals surface area (Å²) in [6.45, 7) is 6.98. The summed E-state index contributed by atoms with van der Waals surface area (Å²) in [6, 6.07) is 0.520. The molecule has 130 valence electrons. The average Bonchev–Trinajstić information content (AvgIpc) is 3.15. The molecule has 1 fully saturated rings. The van der Waals surface area contributed by atoms with E-state index in [-0.39, 0.29) is 42.0 Å². The fourth-order valence-electron chi connectivity index (χ4n) is 2.30. The molecule has 0 aromatic heterocycles. The van der Waals surface area contributed by atoms with Crippen LogP contribution >= 0.6 is 24.0 Å². The van der Waals surface area contributed by atoms with Gasteiger partial charge in [0.2, 0.25) is 5.91 Å². The molecule has 3 N–H and O–H groups in total. The van der Waals surface area contributed by atoms with E-state index in [1.807, 2.05) is 20.8 Å². The van der Waals surface area contributed by atoms with Crippen molar-refractivity contribution >= 4 is 35.8 Å². The zero-order valence-electron chi connectivity index (χ0n) is 14.7. The molecule has 0 spiro atoms. The smallest absolute Gasteiger partial charge is 0.239 e. The summed E-state index contributed by atoms with van der Waals surface area (Å²) in [5.41, 5.74) is -0.211. The van der Waals surface area contributed by atoms with Crippen LogP contribution in [0.4, 0.5) is 0 Å². The third kappa shape index (κ3) is 8.77. The van der Waals surface area contributed by atoms with Crippen molar-refractivity contribution in [1.29, 1.82) is 0 Å². The zero-order chi connectivity index (χ0) is 16.0. The SMILES string of the molecule is CN=C(NCC(=O)NC(C)(C)C)NCC(C1CC1)N(C)C.I. The van der Waals surface area contributed by atoms with E-state index < -0.39 is 0 Å². The minimum Gasteiger partial charge on any atom is -0.355 e. The number of carbonyl (C=O) groups is 1. The third-order valence-corrected chi connectivity index (χ3v) is 3.46. The first kappa shape index (κ1) is 21.4. The van der Waals surface area contributed by atoms with E-state index in [9.17, 15) is 4.79 Å². The molecule has 0 bridgehead atoms. The molecule has 0 saturated heterocycles. The van der Waals surface area contributed by atoms with Crippen molar-refractivity contribution < 1.29 is 4.79 Å². The standard InChI is InChI=1S/C15H31N5O.HI/c1-15(2,3)19-13(21)10-18-14(16-4)17-9-12(20(5)6)11-7-8-11;/h11-12H,7-10H2,1-6H3,(H,19,21)(H2,16,17,18);1H. The number of nitrogens with zero attached hydrogens (tertiary/aromatic N) is 2. The third-order valence-electron chi connectivity index (χ3n) is 3.46. The largest absolute Gasteiger partial charge is 0.355 e. The molecule has 1 rings (SSSR count). The molecule has 0 aliphatic heterocycles. The Balaban J connectivity index is 0.00000441. The number of aliphatic imine (C=N–C) groups is 1. The van der Waals surface area contributed by atoms with Crippen LogP contribution in [0.25, 0.3) is 0 Å². The highest BCUT2D eigenvalue weighted by molar-refractivity contribution is 14.0.